The summed E-state index contributed by atoms with van der Waals surface area (Å²) in [6.45, 7) is 1.91. The van der Waals surface area contributed by atoms with E-state index in [2.05, 4.69) is 4.98 Å². The lowest BCUT2D eigenvalue weighted by Gasteiger charge is -2.14. The Morgan fingerprint density at radius 1 is 1.24 bits per heavy atom. The van der Waals surface area contributed by atoms with Gasteiger partial charge in [-0.3, -0.25) is 4.98 Å². The topological polar surface area (TPSA) is 38.9 Å². The summed E-state index contributed by atoms with van der Waals surface area (Å²) >= 11 is 0. The minimum atomic E-state index is -0.222. The van der Waals surface area contributed by atoms with Gasteiger partial charge in [0.25, 0.3) is 0 Å². The zero-order chi connectivity index (χ0) is 12.3. The Morgan fingerprint density at radius 3 is 2.71 bits per heavy atom. The van der Waals surface area contributed by atoms with Crippen LogP contribution in [0, 0.1) is 12.7 Å². The van der Waals surface area contributed by atoms with Crippen molar-refractivity contribution in [1.82, 2.24) is 4.98 Å². The van der Waals surface area contributed by atoms with Crippen molar-refractivity contribution in [3.63, 3.8) is 0 Å². The van der Waals surface area contributed by atoms with Crippen LogP contribution >= 0.6 is 0 Å². The van der Waals surface area contributed by atoms with Crippen LogP contribution < -0.4 is 5.73 Å². The summed E-state index contributed by atoms with van der Waals surface area (Å²) < 4.78 is 13.5. The molecule has 1 aromatic heterocycles. The second kappa shape index (κ2) is 5.06. The molecular weight excluding hydrogens is 215 g/mol. The van der Waals surface area contributed by atoms with Gasteiger partial charge in [0.2, 0.25) is 0 Å². The normalized spacial score (nSPS) is 12.4. The van der Waals surface area contributed by atoms with Gasteiger partial charge in [-0.05, 0) is 36.6 Å². The Bertz CT molecular complexity index is 511. The highest BCUT2D eigenvalue weighted by Gasteiger charge is 2.12. The summed E-state index contributed by atoms with van der Waals surface area (Å²) in [7, 11) is 0. The highest BCUT2D eigenvalue weighted by molar-refractivity contribution is 5.26. The third kappa shape index (κ3) is 2.68. The van der Waals surface area contributed by atoms with E-state index in [1.54, 1.807) is 18.3 Å². The summed E-state index contributed by atoms with van der Waals surface area (Å²) in [5.41, 5.74) is 8.60. The van der Waals surface area contributed by atoms with Gasteiger partial charge < -0.3 is 5.73 Å². The third-order valence-electron chi connectivity index (χ3n) is 2.84. The van der Waals surface area contributed by atoms with Gasteiger partial charge in [-0.25, -0.2) is 4.39 Å². The zero-order valence-electron chi connectivity index (χ0n) is 9.73. The summed E-state index contributed by atoms with van der Waals surface area (Å²) in [6, 6.07) is 10.3. The fraction of sp³-hybridized carbons (Fsp3) is 0.214. The molecule has 2 aromatic rings. The van der Waals surface area contributed by atoms with Crippen molar-refractivity contribution in [2.75, 3.05) is 0 Å². The molecule has 0 fully saturated rings. The number of hydrogen-bond acceptors (Lipinski definition) is 2. The van der Waals surface area contributed by atoms with E-state index in [1.807, 2.05) is 25.1 Å². The van der Waals surface area contributed by atoms with Crippen molar-refractivity contribution in [1.29, 1.82) is 0 Å². The van der Waals surface area contributed by atoms with Crippen LogP contribution in [0.3, 0.4) is 0 Å². The maximum absolute atomic E-state index is 13.5. The molecule has 1 atom stereocenters. The molecule has 0 saturated carbocycles. The molecular formula is C14H15FN2. The number of rotatable bonds is 3. The molecule has 0 saturated heterocycles. The number of aromatic nitrogens is 1. The van der Waals surface area contributed by atoms with Crippen LogP contribution in [0.1, 0.15) is 22.9 Å². The number of halogens is 1. The first-order chi connectivity index (χ1) is 8.18. The van der Waals surface area contributed by atoms with Crippen molar-refractivity contribution in [3.05, 3.63) is 65.2 Å². The molecule has 17 heavy (non-hydrogen) atoms. The van der Waals surface area contributed by atoms with E-state index < -0.39 is 0 Å². The van der Waals surface area contributed by atoms with E-state index in [-0.39, 0.29) is 11.9 Å². The molecule has 0 radical (unpaired) electrons. The molecule has 2 nitrogen and oxygen atoms in total. The molecule has 0 aliphatic heterocycles. The van der Waals surface area contributed by atoms with E-state index in [0.29, 0.717) is 12.0 Å². The van der Waals surface area contributed by atoms with Crippen LogP contribution in [-0.2, 0) is 6.42 Å². The van der Waals surface area contributed by atoms with Crippen LogP contribution in [0.25, 0.3) is 0 Å². The minimum absolute atomic E-state index is 0.204. The summed E-state index contributed by atoms with van der Waals surface area (Å²) in [6.07, 6.45) is 2.22. The van der Waals surface area contributed by atoms with E-state index in [1.165, 1.54) is 6.07 Å². The van der Waals surface area contributed by atoms with E-state index in [0.717, 1.165) is 11.3 Å². The molecule has 0 bridgehead atoms. The molecule has 1 aromatic carbocycles. The molecule has 0 spiro atoms. The number of nitrogens with zero attached hydrogens (tertiary/aromatic N) is 1. The first-order valence-corrected chi connectivity index (χ1v) is 5.59. The maximum atomic E-state index is 13.5. The summed E-state index contributed by atoms with van der Waals surface area (Å²) in [4.78, 5) is 4.19. The molecule has 3 heteroatoms. The van der Waals surface area contributed by atoms with Gasteiger partial charge in [-0.2, -0.15) is 0 Å². The molecule has 0 aliphatic rings. The van der Waals surface area contributed by atoms with Crippen molar-refractivity contribution >= 4 is 0 Å². The SMILES string of the molecule is Cc1ncccc1C(N)Cc1ccccc1F. The fourth-order valence-electron chi connectivity index (χ4n) is 1.90. The molecule has 2 rings (SSSR count). The van der Waals surface area contributed by atoms with Gasteiger partial charge in [0.1, 0.15) is 5.82 Å². The lowest BCUT2D eigenvalue weighted by molar-refractivity contribution is 0.592. The maximum Gasteiger partial charge on any atom is 0.126 e. The average molecular weight is 230 g/mol. The predicted molar refractivity (Wildman–Crippen MR) is 66.0 cm³/mol. The molecule has 0 aliphatic carbocycles. The monoisotopic (exact) mass is 230 g/mol. The average Bonchev–Trinajstić information content (AvgIpc) is 2.32. The molecule has 1 heterocycles. The number of benzene rings is 1. The second-order valence-electron chi connectivity index (χ2n) is 4.08. The Balaban J connectivity index is 2.20. The first-order valence-electron chi connectivity index (χ1n) is 5.59. The van der Waals surface area contributed by atoms with Gasteiger partial charge in [-0.15, -0.1) is 0 Å². The van der Waals surface area contributed by atoms with Crippen molar-refractivity contribution < 1.29 is 4.39 Å². The lowest BCUT2D eigenvalue weighted by atomic mass is 9.98. The first kappa shape index (κ1) is 11.7. The Morgan fingerprint density at radius 2 is 2.00 bits per heavy atom. The Kier molecular flexibility index (Phi) is 3.49. The lowest BCUT2D eigenvalue weighted by Crippen LogP contribution is -2.15. The van der Waals surface area contributed by atoms with Gasteiger partial charge in [-0.1, -0.05) is 24.3 Å². The number of pyridine rings is 1. The number of aryl methyl sites for hydroxylation is 1. The van der Waals surface area contributed by atoms with Crippen LogP contribution in [-0.4, -0.2) is 4.98 Å². The molecule has 1 unspecified atom stereocenters. The van der Waals surface area contributed by atoms with Gasteiger partial charge in [0, 0.05) is 17.9 Å². The van der Waals surface area contributed by atoms with Gasteiger partial charge in [0.05, 0.1) is 0 Å². The molecule has 2 N–H and O–H groups in total. The zero-order valence-corrected chi connectivity index (χ0v) is 9.73. The molecule has 0 amide bonds. The predicted octanol–water partition coefficient (Wildman–Crippen LogP) is 2.77. The van der Waals surface area contributed by atoms with Gasteiger partial charge >= 0.3 is 0 Å². The largest absolute Gasteiger partial charge is 0.324 e. The van der Waals surface area contributed by atoms with Crippen molar-refractivity contribution in [3.8, 4) is 0 Å². The fourth-order valence-corrected chi connectivity index (χ4v) is 1.90. The molecule has 88 valence electrons. The highest BCUT2D eigenvalue weighted by Crippen LogP contribution is 2.19. The van der Waals surface area contributed by atoms with E-state index in [9.17, 15) is 4.39 Å². The number of hydrogen-bond donors (Lipinski definition) is 1. The van der Waals surface area contributed by atoms with Crippen LogP contribution in [0.2, 0.25) is 0 Å². The standard InChI is InChI=1S/C14H15FN2/c1-10-12(6-4-8-17-10)14(16)9-11-5-2-3-7-13(11)15/h2-8,14H,9,16H2,1H3. The highest BCUT2D eigenvalue weighted by atomic mass is 19.1. The van der Waals surface area contributed by atoms with Crippen molar-refractivity contribution in [2.45, 2.75) is 19.4 Å². The quantitative estimate of drug-likeness (QED) is 0.880. The van der Waals surface area contributed by atoms with E-state index >= 15 is 0 Å². The third-order valence-corrected chi connectivity index (χ3v) is 2.84. The smallest absolute Gasteiger partial charge is 0.126 e. The van der Waals surface area contributed by atoms with E-state index in [4.69, 9.17) is 5.73 Å². The van der Waals surface area contributed by atoms with Crippen molar-refractivity contribution in [2.24, 2.45) is 5.73 Å². The number of nitrogens with two attached hydrogens (primary N) is 1. The summed E-state index contributed by atoms with van der Waals surface area (Å²) in [5.74, 6) is -0.204. The summed E-state index contributed by atoms with van der Waals surface area (Å²) in [5, 5.41) is 0. The van der Waals surface area contributed by atoms with Gasteiger partial charge in [0.15, 0.2) is 0 Å². The van der Waals surface area contributed by atoms with Crippen LogP contribution in [0.5, 0.6) is 0 Å². The minimum Gasteiger partial charge on any atom is -0.324 e. The van der Waals surface area contributed by atoms with Crippen LogP contribution in [0.4, 0.5) is 4.39 Å². The Hall–Kier alpha value is -1.74. The second-order valence-corrected chi connectivity index (χ2v) is 4.08. The Labute approximate surface area is 100 Å². The van der Waals surface area contributed by atoms with Crippen LogP contribution in [0.15, 0.2) is 42.6 Å².